The summed E-state index contributed by atoms with van der Waals surface area (Å²) in [5.41, 5.74) is 2.26. The summed E-state index contributed by atoms with van der Waals surface area (Å²) < 4.78 is 1.63. The fourth-order valence-corrected chi connectivity index (χ4v) is 3.63. The van der Waals surface area contributed by atoms with E-state index in [1.165, 1.54) is 11.3 Å². The second-order valence-corrected chi connectivity index (χ2v) is 6.64. The highest BCUT2D eigenvalue weighted by Crippen LogP contribution is 2.26. The topological polar surface area (TPSA) is 41.2 Å². The maximum atomic E-state index is 12.9. The molecular weight excluding hydrogens is 306 g/mol. The highest BCUT2D eigenvalue weighted by molar-refractivity contribution is 7.11. The third kappa shape index (κ3) is 2.96. The van der Waals surface area contributed by atoms with Crippen LogP contribution in [-0.2, 0) is 0 Å². The largest absolute Gasteiger partial charge is 0.425 e. The maximum Gasteiger partial charge on any atom is 0.425 e. The van der Waals surface area contributed by atoms with Gasteiger partial charge in [0.25, 0.3) is 5.01 Å². The molecule has 1 aromatic heterocycles. The minimum Gasteiger partial charge on any atom is -0.377 e. The smallest absolute Gasteiger partial charge is 0.377 e. The first kappa shape index (κ1) is 15.6. The van der Waals surface area contributed by atoms with Gasteiger partial charge in [0.05, 0.1) is 10.4 Å². The fraction of sp³-hybridized carbons (Fsp3) is 0.158. The lowest BCUT2D eigenvalue weighted by molar-refractivity contribution is -0.584. The number of aliphatic hydroxyl groups is 1. The number of nitrogens with zero attached hydrogens (tertiary/aromatic N) is 1. The van der Waals surface area contributed by atoms with Crippen molar-refractivity contribution in [2.24, 2.45) is 0 Å². The van der Waals surface area contributed by atoms with Crippen molar-refractivity contribution in [3.05, 3.63) is 87.4 Å². The number of rotatable bonds is 3. The molecule has 3 rings (SSSR count). The molecule has 0 fully saturated rings. The third-order valence-electron chi connectivity index (χ3n) is 3.90. The molecule has 3 aromatic rings. The summed E-state index contributed by atoms with van der Waals surface area (Å²) in [4.78, 5) is 13.9. The summed E-state index contributed by atoms with van der Waals surface area (Å²) in [7, 11) is 0. The summed E-state index contributed by atoms with van der Waals surface area (Å²) in [6.07, 6.45) is -0.818. The number of benzene rings is 2. The van der Waals surface area contributed by atoms with E-state index in [4.69, 9.17) is 0 Å². The van der Waals surface area contributed by atoms with Gasteiger partial charge in [-0.05, 0) is 24.6 Å². The van der Waals surface area contributed by atoms with Crippen molar-refractivity contribution in [3.8, 4) is 0 Å². The first-order valence-corrected chi connectivity index (χ1v) is 8.26. The highest BCUT2D eigenvalue weighted by atomic mass is 32.1. The van der Waals surface area contributed by atoms with Crippen LogP contribution in [0.2, 0.25) is 0 Å². The average molecular weight is 324 g/mol. The van der Waals surface area contributed by atoms with Crippen LogP contribution in [0.25, 0.3) is 0 Å². The van der Waals surface area contributed by atoms with E-state index in [1.54, 1.807) is 16.7 Å². The van der Waals surface area contributed by atoms with E-state index in [0.29, 0.717) is 10.6 Å². The fourth-order valence-electron chi connectivity index (χ4n) is 2.52. The van der Waals surface area contributed by atoms with Gasteiger partial charge in [0, 0.05) is 6.92 Å². The van der Waals surface area contributed by atoms with Gasteiger partial charge in [0.15, 0.2) is 6.10 Å². The second kappa shape index (κ2) is 6.44. The highest BCUT2D eigenvalue weighted by Gasteiger charge is 2.34. The Morgan fingerprint density at radius 2 is 1.57 bits per heavy atom. The number of hydrogen-bond donors (Lipinski definition) is 1. The number of carbonyl (C=O) groups is 1. The number of aryl methyl sites for hydroxylation is 1. The minimum absolute atomic E-state index is 0.113. The van der Waals surface area contributed by atoms with Crippen LogP contribution in [0.15, 0.2) is 60.7 Å². The Morgan fingerprint density at radius 1 is 1.00 bits per heavy atom. The number of aliphatic hydroxyl groups excluding tert-OH is 1. The molecule has 1 atom stereocenters. The van der Waals surface area contributed by atoms with E-state index in [-0.39, 0.29) is 5.91 Å². The maximum absolute atomic E-state index is 12.9. The Kier molecular flexibility index (Phi) is 4.37. The quantitative estimate of drug-likeness (QED) is 0.750. The molecule has 1 heterocycles. The zero-order chi connectivity index (χ0) is 16.4. The molecule has 3 nitrogen and oxygen atoms in total. The molecule has 0 aliphatic heterocycles. The normalized spacial score (nSPS) is 12.1. The van der Waals surface area contributed by atoms with Crippen LogP contribution in [0, 0.1) is 13.8 Å². The first-order valence-electron chi connectivity index (χ1n) is 7.44. The number of aromatic nitrogens is 1. The van der Waals surface area contributed by atoms with Crippen LogP contribution in [0.3, 0.4) is 0 Å². The van der Waals surface area contributed by atoms with Crippen molar-refractivity contribution in [1.29, 1.82) is 0 Å². The summed E-state index contributed by atoms with van der Waals surface area (Å²) in [6.45, 7) is 3.88. The molecular formula is C19H18NO2S+. The second-order valence-electron chi connectivity index (χ2n) is 5.40. The standard InChI is InChI=1S/C19H18NO2S/c1-13-14(2)23-19(17(21)15-9-5-3-6-10-15)20(13)18(22)16-11-7-4-8-12-16/h3-12,17,21H,1-2H3/q+1. The Labute approximate surface area is 139 Å². The van der Waals surface area contributed by atoms with Crippen molar-refractivity contribution in [3.63, 3.8) is 0 Å². The van der Waals surface area contributed by atoms with Crippen molar-refractivity contribution in [2.45, 2.75) is 20.0 Å². The van der Waals surface area contributed by atoms with E-state index >= 15 is 0 Å². The van der Waals surface area contributed by atoms with Crippen molar-refractivity contribution >= 4 is 17.2 Å². The van der Waals surface area contributed by atoms with Gasteiger partial charge in [-0.2, -0.15) is 0 Å². The molecule has 0 aliphatic carbocycles. The van der Waals surface area contributed by atoms with Crippen LogP contribution in [0.5, 0.6) is 0 Å². The molecule has 0 aliphatic rings. The molecule has 0 bridgehead atoms. The predicted octanol–water partition coefficient (Wildman–Crippen LogP) is 3.42. The van der Waals surface area contributed by atoms with Gasteiger partial charge in [0.1, 0.15) is 0 Å². The van der Waals surface area contributed by atoms with Crippen LogP contribution in [0.4, 0.5) is 0 Å². The first-order chi connectivity index (χ1) is 11.1. The summed E-state index contributed by atoms with van der Waals surface area (Å²) in [5.74, 6) is -0.113. The Bertz CT molecular complexity index is 825. The summed E-state index contributed by atoms with van der Waals surface area (Å²) in [5, 5.41) is 11.4. The van der Waals surface area contributed by atoms with Crippen molar-refractivity contribution < 1.29 is 14.5 Å². The van der Waals surface area contributed by atoms with Gasteiger partial charge in [-0.25, -0.2) is 4.79 Å². The molecule has 0 saturated carbocycles. The van der Waals surface area contributed by atoms with Crippen LogP contribution >= 0.6 is 11.3 Å². The van der Waals surface area contributed by atoms with Gasteiger partial charge in [-0.15, -0.1) is 4.57 Å². The zero-order valence-corrected chi connectivity index (χ0v) is 13.9. The van der Waals surface area contributed by atoms with Gasteiger partial charge >= 0.3 is 5.91 Å². The van der Waals surface area contributed by atoms with Gasteiger partial charge in [-0.3, -0.25) is 0 Å². The molecule has 2 aromatic carbocycles. The number of thiazole rings is 1. The monoisotopic (exact) mass is 324 g/mol. The van der Waals surface area contributed by atoms with E-state index in [1.807, 2.05) is 62.4 Å². The molecule has 0 radical (unpaired) electrons. The van der Waals surface area contributed by atoms with Crippen molar-refractivity contribution in [2.75, 3.05) is 0 Å². The Morgan fingerprint density at radius 3 is 2.17 bits per heavy atom. The predicted molar refractivity (Wildman–Crippen MR) is 90.7 cm³/mol. The number of carbonyl (C=O) groups excluding carboxylic acids is 1. The van der Waals surface area contributed by atoms with E-state index < -0.39 is 6.10 Å². The molecule has 0 spiro atoms. The van der Waals surface area contributed by atoms with Crippen LogP contribution in [-0.4, -0.2) is 11.0 Å². The molecule has 4 heteroatoms. The molecule has 116 valence electrons. The van der Waals surface area contributed by atoms with E-state index in [0.717, 1.165) is 16.1 Å². The zero-order valence-electron chi connectivity index (χ0n) is 13.1. The van der Waals surface area contributed by atoms with E-state index in [2.05, 4.69) is 0 Å². The lowest BCUT2D eigenvalue weighted by Crippen LogP contribution is -2.48. The molecule has 0 saturated heterocycles. The lowest BCUT2D eigenvalue weighted by Gasteiger charge is -2.06. The lowest BCUT2D eigenvalue weighted by atomic mass is 10.1. The van der Waals surface area contributed by atoms with Crippen LogP contribution in [0.1, 0.15) is 37.6 Å². The number of hydrogen-bond acceptors (Lipinski definition) is 3. The third-order valence-corrected chi connectivity index (χ3v) is 5.11. The Hall–Kier alpha value is -2.30. The minimum atomic E-state index is -0.818. The molecule has 1 unspecified atom stereocenters. The average Bonchev–Trinajstić information content (AvgIpc) is 2.90. The Balaban J connectivity index is 2.09. The summed E-state index contributed by atoms with van der Waals surface area (Å²) >= 11 is 1.46. The molecule has 0 amide bonds. The van der Waals surface area contributed by atoms with Crippen molar-refractivity contribution in [1.82, 2.24) is 0 Å². The molecule has 23 heavy (non-hydrogen) atoms. The van der Waals surface area contributed by atoms with Crippen LogP contribution < -0.4 is 4.57 Å². The molecule has 1 N–H and O–H groups in total. The summed E-state index contributed by atoms with van der Waals surface area (Å²) in [6, 6.07) is 18.6. The van der Waals surface area contributed by atoms with Gasteiger partial charge in [0.2, 0.25) is 5.69 Å². The SMILES string of the molecule is Cc1sc(C(O)c2ccccc2)[n+](C(=O)c2ccccc2)c1C. The van der Waals surface area contributed by atoms with E-state index in [9.17, 15) is 9.90 Å². The van der Waals surface area contributed by atoms with Gasteiger partial charge < -0.3 is 5.11 Å². The van der Waals surface area contributed by atoms with Gasteiger partial charge in [-0.1, -0.05) is 59.9 Å².